The molecule has 1 rings (SSSR count). The highest BCUT2D eigenvalue weighted by Gasteiger charge is 2.06. The van der Waals surface area contributed by atoms with Crippen molar-refractivity contribution in [1.82, 2.24) is 9.97 Å². The van der Waals surface area contributed by atoms with Gasteiger partial charge in [-0.15, -0.1) is 0 Å². The van der Waals surface area contributed by atoms with Gasteiger partial charge in [-0.1, -0.05) is 0 Å². The standard InChI is InChI=1S/C9H10N4O2/c1-13(4-2-3-10)8-6-11-7(5-12-8)9(14)15/h5-6H,2,4H2,1H3,(H,14,15). The Kier molecular flexibility index (Phi) is 3.57. The Morgan fingerprint density at radius 1 is 1.60 bits per heavy atom. The Morgan fingerprint density at radius 3 is 2.80 bits per heavy atom. The lowest BCUT2D eigenvalue weighted by molar-refractivity contribution is 0.0690. The van der Waals surface area contributed by atoms with Gasteiger partial charge < -0.3 is 10.0 Å². The molecule has 0 spiro atoms. The molecule has 0 unspecified atom stereocenters. The van der Waals surface area contributed by atoms with Gasteiger partial charge in [0.15, 0.2) is 5.69 Å². The summed E-state index contributed by atoms with van der Waals surface area (Å²) in [7, 11) is 1.77. The summed E-state index contributed by atoms with van der Waals surface area (Å²) in [6.45, 7) is 0.539. The molecule has 1 heterocycles. The number of hydrogen-bond acceptors (Lipinski definition) is 5. The van der Waals surface area contributed by atoms with Crippen LogP contribution in [0.1, 0.15) is 16.9 Å². The first-order valence-electron chi connectivity index (χ1n) is 4.28. The highest BCUT2D eigenvalue weighted by molar-refractivity contribution is 5.84. The van der Waals surface area contributed by atoms with Crippen molar-refractivity contribution in [3.63, 3.8) is 0 Å². The van der Waals surface area contributed by atoms with Crippen molar-refractivity contribution in [1.29, 1.82) is 5.26 Å². The number of carbonyl (C=O) groups is 1. The van der Waals surface area contributed by atoms with E-state index in [1.54, 1.807) is 11.9 Å². The minimum absolute atomic E-state index is 0.0903. The molecule has 0 saturated carbocycles. The van der Waals surface area contributed by atoms with Crippen molar-refractivity contribution in [2.45, 2.75) is 6.42 Å². The predicted molar refractivity (Wildman–Crippen MR) is 52.5 cm³/mol. The molecule has 1 aromatic heterocycles. The van der Waals surface area contributed by atoms with E-state index in [2.05, 4.69) is 9.97 Å². The lowest BCUT2D eigenvalue weighted by Crippen LogP contribution is -2.19. The van der Waals surface area contributed by atoms with Gasteiger partial charge in [0.05, 0.1) is 24.9 Å². The second-order valence-electron chi connectivity index (χ2n) is 2.89. The molecule has 1 N–H and O–H groups in total. The molecule has 0 saturated heterocycles. The molecule has 1 aromatic rings. The third kappa shape index (κ3) is 2.91. The molecule has 6 nitrogen and oxygen atoms in total. The lowest BCUT2D eigenvalue weighted by Gasteiger charge is -2.15. The number of hydrogen-bond donors (Lipinski definition) is 1. The Labute approximate surface area is 86.8 Å². The van der Waals surface area contributed by atoms with Crippen LogP contribution < -0.4 is 4.90 Å². The minimum Gasteiger partial charge on any atom is -0.476 e. The Hall–Kier alpha value is -2.16. The van der Waals surface area contributed by atoms with Gasteiger partial charge in [-0.3, -0.25) is 0 Å². The topological polar surface area (TPSA) is 90.1 Å². The molecule has 15 heavy (non-hydrogen) atoms. The average molecular weight is 206 g/mol. The van der Waals surface area contributed by atoms with E-state index in [-0.39, 0.29) is 5.69 Å². The number of carboxylic acid groups (broad SMARTS) is 1. The van der Waals surface area contributed by atoms with E-state index in [9.17, 15) is 4.79 Å². The molecule has 0 aliphatic rings. The molecule has 0 amide bonds. The summed E-state index contributed by atoms with van der Waals surface area (Å²) in [5.41, 5.74) is -0.0903. The monoisotopic (exact) mass is 206 g/mol. The minimum atomic E-state index is -1.10. The molecule has 0 fully saturated rings. The van der Waals surface area contributed by atoms with Crippen LogP contribution >= 0.6 is 0 Å². The van der Waals surface area contributed by atoms with Crippen molar-refractivity contribution in [2.24, 2.45) is 0 Å². The summed E-state index contributed by atoms with van der Waals surface area (Å²) in [6.07, 6.45) is 2.96. The third-order valence-corrected chi connectivity index (χ3v) is 1.81. The van der Waals surface area contributed by atoms with Crippen LogP contribution in [-0.4, -0.2) is 34.6 Å². The number of aromatic nitrogens is 2. The normalized spacial score (nSPS) is 9.33. The van der Waals surface area contributed by atoms with Crippen LogP contribution in [0.2, 0.25) is 0 Å². The van der Waals surface area contributed by atoms with E-state index in [1.165, 1.54) is 12.4 Å². The number of nitriles is 1. The van der Waals surface area contributed by atoms with Crippen LogP contribution in [0, 0.1) is 11.3 Å². The van der Waals surface area contributed by atoms with Crippen LogP contribution in [0.3, 0.4) is 0 Å². The summed E-state index contributed by atoms with van der Waals surface area (Å²) < 4.78 is 0. The third-order valence-electron chi connectivity index (χ3n) is 1.81. The van der Waals surface area contributed by atoms with Gasteiger partial charge in [0.25, 0.3) is 0 Å². The van der Waals surface area contributed by atoms with E-state index in [0.29, 0.717) is 18.8 Å². The van der Waals surface area contributed by atoms with Crippen molar-refractivity contribution in [2.75, 3.05) is 18.5 Å². The zero-order chi connectivity index (χ0) is 11.3. The van der Waals surface area contributed by atoms with Crippen molar-refractivity contribution < 1.29 is 9.90 Å². The van der Waals surface area contributed by atoms with Crippen LogP contribution in [0.15, 0.2) is 12.4 Å². The molecule has 0 aliphatic carbocycles. The quantitative estimate of drug-likeness (QED) is 0.772. The maximum absolute atomic E-state index is 10.5. The molecule has 6 heteroatoms. The molecular formula is C9H10N4O2. The molecule has 0 aliphatic heterocycles. The van der Waals surface area contributed by atoms with Gasteiger partial charge in [-0.25, -0.2) is 14.8 Å². The first-order valence-corrected chi connectivity index (χ1v) is 4.28. The SMILES string of the molecule is CN(CCC#N)c1cnc(C(=O)O)cn1. The van der Waals surface area contributed by atoms with Gasteiger partial charge >= 0.3 is 5.97 Å². The van der Waals surface area contributed by atoms with Crippen molar-refractivity contribution >= 4 is 11.8 Å². The number of anilines is 1. The van der Waals surface area contributed by atoms with Crippen LogP contribution in [0.4, 0.5) is 5.82 Å². The van der Waals surface area contributed by atoms with Crippen LogP contribution in [0.5, 0.6) is 0 Å². The fourth-order valence-corrected chi connectivity index (χ4v) is 0.961. The first-order chi connectivity index (χ1) is 7.15. The fraction of sp³-hybridized carbons (Fsp3) is 0.333. The zero-order valence-electron chi connectivity index (χ0n) is 8.21. The Bertz CT molecular complexity index is 382. The van der Waals surface area contributed by atoms with E-state index in [4.69, 9.17) is 10.4 Å². The molecule has 0 atom stereocenters. The number of aromatic carboxylic acids is 1. The number of rotatable bonds is 4. The number of carboxylic acids is 1. The van der Waals surface area contributed by atoms with Crippen LogP contribution in [0.25, 0.3) is 0 Å². The van der Waals surface area contributed by atoms with Gasteiger partial charge in [0.1, 0.15) is 5.82 Å². The zero-order valence-corrected chi connectivity index (χ0v) is 8.21. The van der Waals surface area contributed by atoms with E-state index >= 15 is 0 Å². The Morgan fingerprint density at radius 2 is 2.33 bits per heavy atom. The van der Waals surface area contributed by atoms with Crippen molar-refractivity contribution in [3.8, 4) is 6.07 Å². The van der Waals surface area contributed by atoms with E-state index in [1.807, 2.05) is 6.07 Å². The summed E-state index contributed by atoms with van der Waals surface area (Å²) in [4.78, 5) is 19.9. The molecule has 0 aromatic carbocycles. The molecule has 78 valence electrons. The van der Waals surface area contributed by atoms with E-state index < -0.39 is 5.97 Å². The van der Waals surface area contributed by atoms with Gasteiger partial charge in [-0.05, 0) is 0 Å². The van der Waals surface area contributed by atoms with Gasteiger partial charge in [0.2, 0.25) is 0 Å². The summed E-state index contributed by atoms with van der Waals surface area (Å²) in [5.74, 6) is -0.552. The fourth-order valence-electron chi connectivity index (χ4n) is 0.961. The smallest absolute Gasteiger partial charge is 0.356 e. The highest BCUT2D eigenvalue weighted by atomic mass is 16.4. The van der Waals surface area contributed by atoms with Crippen molar-refractivity contribution in [3.05, 3.63) is 18.1 Å². The predicted octanol–water partition coefficient (Wildman–Crippen LogP) is 0.525. The maximum Gasteiger partial charge on any atom is 0.356 e. The highest BCUT2D eigenvalue weighted by Crippen LogP contribution is 2.06. The molecule has 0 radical (unpaired) electrons. The Balaban J connectivity index is 2.71. The van der Waals surface area contributed by atoms with Gasteiger partial charge in [0, 0.05) is 13.6 Å². The molecule has 0 bridgehead atoms. The first kappa shape index (κ1) is 10.9. The second kappa shape index (κ2) is 4.91. The van der Waals surface area contributed by atoms with E-state index in [0.717, 1.165) is 0 Å². The summed E-state index contributed by atoms with van der Waals surface area (Å²) >= 11 is 0. The maximum atomic E-state index is 10.5. The van der Waals surface area contributed by atoms with Crippen LogP contribution in [-0.2, 0) is 0 Å². The molecular weight excluding hydrogens is 196 g/mol. The van der Waals surface area contributed by atoms with Gasteiger partial charge in [-0.2, -0.15) is 5.26 Å². The second-order valence-corrected chi connectivity index (χ2v) is 2.89. The summed E-state index contributed by atoms with van der Waals surface area (Å²) in [6, 6.07) is 2.01. The lowest BCUT2D eigenvalue weighted by atomic mass is 10.4. The number of nitrogens with zero attached hydrogens (tertiary/aromatic N) is 4. The average Bonchev–Trinajstić information content (AvgIpc) is 2.26. The summed E-state index contributed by atoms with van der Waals surface area (Å²) in [5, 5.41) is 17.0. The largest absolute Gasteiger partial charge is 0.476 e.